The minimum Gasteiger partial charge on any atom is -0.480 e. The molecule has 2 atom stereocenters. The Kier molecular flexibility index (Phi) is 2.62. The fraction of sp³-hybridized carbons (Fsp3) is 0.714. The number of nitrogens with zero attached hydrogens (tertiary/aromatic N) is 1. The SMILES string of the molecule is CC(=O)N1C(C)SC[C@@H]1C(=O)O. The van der Waals surface area contributed by atoms with Crippen molar-refractivity contribution in [2.45, 2.75) is 25.3 Å². The molecule has 68 valence electrons. The zero-order chi connectivity index (χ0) is 9.30. The summed E-state index contributed by atoms with van der Waals surface area (Å²) in [5.41, 5.74) is 0. The van der Waals surface area contributed by atoms with Crippen LogP contribution in [0.2, 0.25) is 0 Å². The van der Waals surface area contributed by atoms with Crippen LogP contribution < -0.4 is 0 Å². The molecule has 1 aliphatic rings. The lowest BCUT2D eigenvalue weighted by Crippen LogP contribution is -2.43. The highest BCUT2D eigenvalue weighted by Crippen LogP contribution is 2.28. The summed E-state index contributed by atoms with van der Waals surface area (Å²) in [5.74, 6) is -0.585. The molecule has 1 amide bonds. The first-order valence-corrected chi connectivity index (χ1v) is 4.72. The molecule has 0 radical (unpaired) electrons. The van der Waals surface area contributed by atoms with Crippen molar-refractivity contribution < 1.29 is 14.7 Å². The van der Waals surface area contributed by atoms with Crippen molar-refractivity contribution >= 4 is 23.6 Å². The van der Waals surface area contributed by atoms with E-state index in [1.165, 1.54) is 23.6 Å². The van der Waals surface area contributed by atoms with Gasteiger partial charge in [0.25, 0.3) is 0 Å². The number of carbonyl (C=O) groups excluding carboxylic acids is 1. The van der Waals surface area contributed by atoms with Gasteiger partial charge in [-0.05, 0) is 6.92 Å². The maximum atomic E-state index is 11.0. The molecule has 0 spiro atoms. The number of rotatable bonds is 1. The Bertz CT molecular complexity index is 219. The molecule has 0 aliphatic carbocycles. The number of carboxylic acids is 1. The maximum absolute atomic E-state index is 11.0. The summed E-state index contributed by atoms with van der Waals surface area (Å²) in [7, 11) is 0. The highest BCUT2D eigenvalue weighted by Gasteiger charge is 2.37. The van der Waals surface area contributed by atoms with Crippen LogP contribution in [0.25, 0.3) is 0 Å². The van der Waals surface area contributed by atoms with Crippen LogP contribution in [0.3, 0.4) is 0 Å². The van der Waals surface area contributed by atoms with E-state index in [1.54, 1.807) is 0 Å². The summed E-state index contributed by atoms with van der Waals surface area (Å²) >= 11 is 1.49. The minimum atomic E-state index is -0.915. The molecule has 0 saturated carbocycles. The molecule has 1 aliphatic heterocycles. The van der Waals surface area contributed by atoms with Crippen LogP contribution in [-0.4, -0.2) is 39.1 Å². The second kappa shape index (κ2) is 3.35. The van der Waals surface area contributed by atoms with E-state index in [9.17, 15) is 9.59 Å². The highest BCUT2D eigenvalue weighted by atomic mass is 32.2. The Morgan fingerprint density at radius 1 is 1.58 bits per heavy atom. The molecule has 0 aromatic rings. The lowest BCUT2D eigenvalue weighted by Gasteiger charge is -2.22. The third kappa shape index (κ3) is 1.55. The fourth-order valence-electron chi connectivity index (χ4n) is 1.31. The lowest BCUT2D eigenvalue weighted by molar-refractivity contribution is -0.148. The first kappa shape index (κ1) is 9.38. The van der Waals surface area contributed by atoms with Crippen LogP contribution in [0.15, 0.2) is 0 Å². The molecule has 0 bridgehead atoms. The van der Waals surface area contributed by atoms with Gasteiger partial charge in [-0.25, -0.2) is 4.79 Å². The molecular formula is C7H11NO3S. The van der Waals surface area contributed by atoms with Gasteiger partial charge in [-0.2, -0.15) is 0 Å². The summed E-state index contributed by atoms with van der Waals surface area (Å²) in [6.07, 6.45) is 0. The fourth-order valence-corrected chi connectivity index (χ4v) is 2.53. The van der Waals surface area contributed by atoms with Gasteiger partial charge in [-0.15, -0.1) is 11.8 Å². The molecule has 4 nitrogen and oxygen atoms in total. The van der Waals surface area contributed by atoms with Gasteiger partial charge in [-0.1, -0.05) is 0 Å². The van der Waals surface area contributed by atoms with E-state index in [0.717, 1.165) is 0 Å². The van der Waals surface area contributed by atoms with Gasteiger partial charge in [0.2, 0.25) is 5.91 Å². The third-order valence-corrected chi connectivity index (χ3v) is 3.09. The highest BCUT2D eigenvalue weighted by molar-refractivity contribution is 8.00. The van der Waals surface area contributed by atoms with Crippen LogP contribution in [0, 0.1) is 0 Å². The van der Waals surface area contributed by atoms with E-state index in [1.807, 2.05) is 6.92 Å². The van der Waals surface area contributed by atoms with E-state index in [2.05, 4.69) is 0 Å². The summed E-state index contributed by atoms with van der Waals surface area (Å²) in [6, 6.07) is -0.637. The van der Waals surface area contributed by atoms with Crippen LogP contribution >= 0.6 is 11.8 Å². The topological polar surface area (TPSA) is 57.6 Å². The molecule has 1 fully saturated rings. The summed E-state index contributed by atoms with van der Waals surface area (Å²) in [4.78, 5) is 23.1. The Hall–Kier alpha value is -0.710. The van der Waals surface area contributed by atoms with E-state index in [4.69, 9.17) is 5.11 Å². The minimum absolute atomic E-state index is 0.0106. The van der Waals surface area contributed by atoms with Crippen molar-refractivity contribution in [2.24, 2.45) is 0 Å². The van der Waals surface area contributed by atoms with Gasteiger partial charge in [-0.3, -0.25) is 4.79 Å². The Labute approximate surface area is 74.9 Å². The van der Waals surface area contributed by atoms with Gasteiger partial charge in [0.15, 0.2) is 0 Å². The summed E-state index contributed by atoms with van der Waals surface area (Å²) in [5, 5.41) is 8.73. The van der Waals surface area contributed by atoms with Gasteiger partial charge < -0.3 is 10.0 Å². The number of hydrogen-bond acceptors (Lipinski definition) is 3. The first-order valence-electron chi connectivity index (χ1n) is 3.67. The Balaban J connectivity index is 2.77. The smallest absolute Gasteiger partial charge is 0.327 e. The molecule has 1 rings (SSSR count). The standard InChI is InChI=1S/C7H11NO3S/c1-4(9)8-5(2)12-3-6(8)7(10)11/h5-6H,3H2,1-2H3,(H,10,11)/t5?,6-/m1/s1. The molecule has 5 heteroatoms. The number of thioether (sulfide) groups is 1. The maximum Gasteiger partial charge on any atom is 0.327 e. The van der Waals surface area contributed by atoms with Gasteiger partial charge in [0.1, 0.15) is 6.04 Å². The van der Waals surface area contributed by atoms with Crippen LogP contribution in [-0.2, 0) is 9.59 Å². The molecule has 12 heavy (non-hydrogen) atoms. The van der Waals surface area contributed by atoms with E-state index in [-0.39, 0.29) is 11.3 Å². The zero-order valence-electron chi connectivity index (χ0n) is 6.98. The number of aliphatic carboxylic acids is 1. The quantitative estimate of drug-likeness (QED) is 0.648. The van der Waals surface area contributed by atoms with E-state index < -0.39 is 12.0 Å². The van der Waals surface area contributed by atoms with Crippen molar-refractivity contribution in [3.05, 3.63) is 0 Å². The molecule has 1 N–H and O–H groups in total. The molecule has 1 unspecified atom stereocenters. The second-order valence-electron chi connectivity index (χ2n) is 2.71. The predicted octanol–water partition coefficient (Wildman–Crippen LogP) is 0.381. The van der Waals surface area contributed by atoms with Crippen molar-refractivity contribution in [1.82, 2.24) is 4.90 Å². The average Bonchev–Trinajstić information content (AvgIpc) is 2.30. The predicted molar refractivity (Wildman–Crippen MR) is 45.9 cm³/mol. The summed E-state index contributed by atoms with van der Waals surface area (Å²) < 4.78 is 0. The molecule has 0 aromatic carbocycles. The number of hydrogen-bond donors (Lipinski definition) is 1. The van der Waals surface area contributed by atoms with Gasteiger partial charge in [0, 0.05) is 12.7 Å². The van der Waals surface area contributed by atoms with Crippen LogP contribution in [0.4, 0.5) is 0 Å². The zero-order valence-corrected chi connectivity index (χ0v) is 7.80. The second-order valence-corrected chi connectivity index (χ2v) is 4.06. The summed E-state index contributed by atoms with van der Waals surface area (Å²) in [6.45, 7) is 3.24. The molecule has 1 saturated heterocycles. The Morgan fingerprint density at radius 3 is 2.50 bits per heavy atom. The number of carboxylic acid groups (broad SMARTS) is 1. The Morgan fingerprint density at radius 2 is 2.17 bits per heavy atom. The third-order valence-electron chi connectivity index (χ3n) is 1.87. The van der Waals surface area contributed by atoms with E-state index in [0.29, 0.717) is 5.75 Å². The number of carbonyl (C=O) groups is 2. The van der Waals surface area contributed by atoms with Crippen molar-refractivity contribution in [2.75, 3.05) is 5.75 Å². The number of amides is 1. The normalized spacial score (nSPS) is 29.0. The van der Waals surface area contributed by atoms with Crippen molar-refractivity contribution in [3.8, 4) is 0 Å². The van der Waals surface area contributed by atoms with Gasteiger partial charge in [0.05, 0.1) is 5.37 Å². The monoisotopic (exact) mass is 189 g/mol. The largest absolute Gasteiger partial charge is 0.480 e. The van der Waals surface area contributed by atoms with Crippen LogP contribution in [0.5, 0.6) is 0 Å². The van der Waals surface area contributed by atoms with Crippen molar-refractivity contribution in [3.63, 3.8) is 0 Å². The first-order chi connectivity index (χ1) is 5.54. The molecule has 1 heterocycles. The van der Waals surface area contributed by atoms with Crippen LogP contribution in [0.1, 0.15) is 13.8 Å². The van der Waals surface area contributed by atoms with E-state index >= 15 is 0 Å². The van der Waals surface area contributed by atoms with Gasteiger partial charge >= 0.3 is 5.97 Å². The lowest BCUT2D eigenvalue weighted by atomic mass is 10.3. The van der Waals surface area contributed by atoms with Crippen molar-refractivity contribution in [1.29, 1.82) is 0 Å². The molecular weight excluding hydrogens is 178 g/mol. The molecule has 0 aromatic heterocycles. The average molecular weight is 189 g/mol.